The van der Waals surface area contributed by atoms with Crippen LogP contribution < -0.4 is 5.32 Å². The van der Waals surface area contributed by atoms with Crippen LogP contribution in [0.1, 0.15) is 21.5 Å². The van der Waals surface area contributed by atoms with Gasteiger partial charge in [0.05, 0.1) is 0 Å². The fourth-order valence-corrected chi connectivity index (χ4v) is 2.96. The van der Waals surface area contributed by atoms with E-state index in [0.29, 0.717) is 10.6 Å². The third-order valence-electron chi connectivity index (χ3n) is 2.84. The number of aryl methyl sites for hydroxylation is 2. The van der Waals surface area contributed by atoms with Gasteiger partial charge in [0.1, 0.15) is 0 Å². The Morgan fingerprint density at radius 2 is 1.63 bits per heavy atom. The highest BCUT2D eigenvalue weighted by Gasteiger charge is 2.10. The largest absolute Gasteiger partial charge is 0.322 e. The van der Waals surface area contributed by atoms with Crippen LogP contribution in [0.5, 0.6) is 0 Å². The summed E-state index contributed by atoms with van der Waals surface area (Å²) < 4.78 is 1.16. The Hall–Kier alpha value is -1.07. The normalized spacial score (nSPS) is 10.3. The molecule has 0 saturated heterocycles. The Morgan fingerprint density at radius 3 is 2.16 bits per heavy atom. The van der Waals surface area contributed by atoms with Gasteiger partial charge in [-0.2, -0.15) is 0 Å². The van der Waals surface area contributed by atoms with Crippen LogP contribution in [0.2, 0.25) is 5.02 Å². The SMILES string of the molecule is Cc1cc(I)cc(C)c1NC(=O)c1ccc(Cl)cc1. The Bertz CT molecular complexity index is 600. The number of carbonyl (C=O) groups is 1. The van der Waals surface area contributed by atoms with Crippen molar-refractivity contribution in [2.75, 3.05) is 5.32 Å². The van der Waals surface area contributed by atoms with Gasteiger partial charge in [-0.25, -0.2) is 0 Å². The molecule has 0 saturated carbocycles. The lowest BCUT2D eigenvalue weighted by atomic mass is 10.1. The molecule has 2 nitrogen and oxygen atoms in total. The van der Waals surface area contributed by atoms with Gasteiger partial charge in [-0.15, -0.1) is 0 Å². The molecular formula is C15H13ClINO. The van der Waals surface area contributed by atoms with E-state index < -0.39 is 0 Å². The molecule has 2 rings (SSSR count). The molecule has 19 heavy (non-hydrogen) atoms. The van der Waals surface area contributed by atoms with Crippen LogP contribution in [0, 0.1) is 17.4 Å². The van der Waals surface area contributed by atoms with Gasteiger partial charge >= 0.3 is 0 Å². The molecule has 1 amide bonds. The van der Waals surface area contributed by atoms with Crippen LogP contribution in [0.4, 0.5) is 5.69 Å². The third kappa shape index (κ3) is 3.48. The molecule has 1 N–H and O–H groups in total. The summed E-state index contributed by atoms with van der Waals surface area (Å²) in [6.45, 7) is 3.99. The van der Waals surface area contributed by atoms with Crippen molar-refractivity contribution in [3.05, 3.63) is 61.7 Å². The molecule has 0 radical (unpaired) electrons. The summed E-state index contributed by atoms with van der Waals surface area (Å²) in [6, 6.07) is 11.0. The van der Waals surface area contributed by atoms with Crippen LogP contribution in [0.3, 0.4) is 0 Å². The second-order valence-electron chi connectivity index (χ2n) is 4.38. The zero-order valence-electron chi connectivity index (χ0n) is 10.6. The Labute approximate surface area is 131 Å². The van der Waals surface area contributed by atoms with Gasteiger partial charge < -0.3 is 5.32 Å². The average molecular weight is 386 g/mol. The van der Waals surface area contributed by atoms with Crippen LogP contribution in [0.25, 0.3) is 0 Å². The second-order valence-corrected chi connectivity index (χ2v) is 6.06. The molecule has 0 aliphatic rings. The van der Waals surface area contributed by atoms with Gasteiger partial charge in [0.15, 0.2) is 0 Å². The number of hydrogen-bond donors (Lipinski definition) is 1. The van der Waals surface area contributed by atoms with E-state index in [0.717, 1.165) is 20.4 Å². The molecule has 0 spiro atoms. The molecule has 0 bridgehead atoms. The van der Waals surface area contributed by atoms with Crippen LogP contribution in [-0.2, 0) is 0 Å². The van der Waals surface area contributed by atoms with E-state index in [4.69, 9.17) is 11.6 Å². The predicted octanol–water partition coefficient (Wildman–Crippen LogP) is 4.81. The highest BCUT2D eigenvalue weighted by Crippen LogP contribution is 2.24. The van der Waals surface area contributed by atoms with Crippen LogP contribution >= 0.6 is 34.2 Å². The number of amides is 1. The molecule has 0 aliphatic carbocycles. The molecule has 0 heterocycles. The topological polar surface area (TPSA) is 29.1 Å². The molecule has 0 atom stereocenters. The Balaban J connectivity index is 2.26. The maximum Gasteiger partial charge on any atom is 0.255 e. The zero-order chi connectivity index (χ0) is 14.0. The molecule has 98 valence electrons. The number of hydrogen-bond acceptors (Lipinski definition) is 1. The fraction of sp³-hybridized carbons (Fsp3) is 0.133. The van der Waals surface area contributed by atoms with Crippen LogP contribution in [0.15, 0.2) is 36.4 Å². The van der Waals surface area contributed by atoms with E-state index in [-0.39, 0.29) is 5.91 Å². The van der Waals surface area contributed by atoms with Gasteiger partial charge in [0.25, 0.3) is 5.91 Å². The van der Waals surface area contributed by atoms with Crippen molar-refractivity contribution in [1.29, 1.82) is 0 Å². The highest BCUT2D eigenvalue weighted by molar-refractivity contribution is 14.1. The van der Waals surface area contributed by atoms with E-state index in [1.165, 1.54) is 0 Å². The number of rotatable bonds is 2. The van der Waals surface area contributed by atoms with Gasteiger partial charge in [-0.1, -0.05) is 11.6 Å². The predicted molar refractivity (Wildman–Crippen MR) is 88.0 cm³/mol. The molecule has 4 heteroatoms. The first-order valence-corrected chi connectivity index (χ1v) is 7.26. The first kappa shape index (κ1) is 14.3. The van der Waals surface area contributed by atoms with E-state index >= 15 is 0 Å². The number of carbonyl (C=O) groups excluding carboxylic acids is 1. The Morgan fingerprint density at radius 1 is 1.11 bits per heavy atom. The van der Waals surface area contributed by atoms with E-state index in [9.17, 15) is 4.79 Å². The number of benzene rings is 2. The maximum absolute atomic E-state index is 12.2. The van der Waals surface area contributed by atoms with Crippen molar-refractivity contribution < 1.29 is 4.79 Å². The monoisotopic (exact) mass is 385 g/mol. The van der Waals surface area contributed by atoms with Crippen LogP contribution in [-0.4, -0.2) is 5.91 Å². The number of halogens is 2. The highest BCUT2D eigenvalue weighted by atomic mass is 127. The molecule has 0 fully saturated rings. The summed E-state index contributed by atoms with van der Waals surface area (Å²) >= 11 is 8.08. The Kier molecular flexibility index (Phi) is 4.47. The van der Waals surface area contributed by atoms with Crippen molar-refractivity contribution in [2.24, 2.45) is 0 Å². The molecule has 2 aromatic rings. The molecule has 0 aliphatic heterocycles. The van der Waals surface area contributed by atoms with Crippen molar-refractivity contribution in [3.63, 3.8) is 0 Å². The van der Waals surface area contributed by atoms with Gasteiger partial charge in [0.2, 0.25) is 0 Å². The van der Waals surface area contributed by atoms with E-state index in [1.54, 1.807) is 24.3 Å². The lowest BCUT2D eigenvalue weighted by Crippen LogP contribution is -2.13. The lowest BCUT2D eigenvalue weighted by Gasteiger charge is -2.12. The average Bonchev–Trinajstić information content (AvgIpc) is 2.34. The minimum absolute atomic E-state index is 0.121. The molecule has 0 unspecified atom stereocenters. The second kappa shape index (κ2) is 5.92. The summed E-state index contributed by atoms with van der Waals surface area (Å²) in [6.07, 6.45) is 0. The van der Waals surface area contributed by atoms with Gasteiger partial charge in [0, 0.05) is 19.8 Å². The summed E-state index contributed by atoms with van der Waals surface area (Å²) in [5.74, 6) is -0.121. The number of anilines is 1. The molecular weight excluding hydrogens is 373 g/mol. The smallest absolute Gasteiger partial charge is 0.255 e. The van der Waals surface area contributed by atoms with Crippen molar-refractivity contribution >= 4 is 45.8 Å². The maximum atomic E-state index is 12.2. The lowest BCUT2D eigenvalue weighted by molar-refractivity contribution is 0.102. The minimum atomic E-state index is -0.121. The van der Waals surface area contributed by atoms with Gasteiger partial charge in [-0.3, -0.25) is 4.79 Å². The molecule has 0 aromatic heterocycles. The zero-order valence-corrected chi connectivity index (χ0v) is 13.5. The summed E-state index contributed by atoms with van der Waals surface area (Å²) in [5, 5.41) is 3.58. The van der Waals surface area contributed by atoms with Crippen molar-refractivity contribution in [2.45, 2.75) is 13.8 Å². The van der Waals surface area contributed by atoms with E-state index in [1.807, 2.05) is 26.0 Å². The summed E-state index contributed by atoms with van der Waals surface area (Å²) in [5.41, 5.74) is 3.60. The third-order valence-corrected chi connectivity index (χ3v) is 3.72. The first-order chi connectivity index (χ1) is 8.97. The number of nitrogens with one attached hydrogen (secondary N) is 1. The van der Waals surface area contributed by atoms with Gasteiger partial charge in [-0.05, 0) is 84.0 Å². The fourth-order valence-electron chi connectivity index (χ4n) is 1.89. The summed E-state index contributed by atoms with van der Waals surface area (Å²) in [7, 11) is 0. The quantitative estimate of drug-likeness (QED) is 0.738. The minimum Gasteiger partial charge on any atom is -0.322 e. The van der Waals surface area contributed by atoms with Crippen molar-refractivity contribution in [3.8, 4) is 0 Å². The van der Waals surface area contributed by atoms with Crippen molar-refractivity contribution in [1.82, 2.24) is 0 Å². The first-order valence-electron chi connectivity index (χ1n) is 5.81. The van der Waals surface area contributed by atoms with E-state index in [2.05, 4.69) is 27.9 Å². The summed E-state index contributed by atoms with van der Waals surface area (Å²) in [4.78, 5) is 12.2. The standard InChI is InChI=1S/C15H13ClINO/c1-9-7-13(17)8-10(2)14(9)18-15(19)11-3-5-12(16)6-4-11/h3-8H,1-2H3,(H,18,19). The molecule has 2 aromatic carbocycles.